The van der Waals surface area contributed by atoms with Crippen LogP contribution in [0.15, 0.2) is 29.6 Å². The van der Waals surface area contributed by atoms with Crippen LogP contribution < -0.4 is 15.0 Å². The lowest BCUT2D eigenvalue weighted by Crippen LogP contribution is -2.43. The maximum atomic E-state index is 12.9. The van der Waals surface area contributed by atoms with Crippen LogP contribution in [0.2, 0.25) is 0 Å². The Morgan fingerprint density at radius 1 is 1.25 bits per heavy atom. The van der Waals surface area contributed by atoms with Gasteiger partial charge in [0, 0.05) is 42.7 Å². The molecule has 1 unspecified atom stereocenters. The van der Waals surface area contributed by atoms with Crippen LogP contribution in [0.4, 0.5) is 11.4 Å². The maximum Gasteiger partial charge on any atom is 0.245 e. The third-order valence-electron chi connectivity index (χ3n) is 5.42. The molecule has 0 radical (unpaired) electrons. The zero-order valence-electron chi connectivity index (χ0n) is 16.2. The van der Waals surface area contributed by atoms with E-state index in [0.29, 0.717) is 18.7 Å². The number of rotatable bonds is 5. The highest BCUT2D eigenvalue weighted by Crippen LogP contribution is 2.34. The topological polar surface area (TPSA) is 61.9 Å². The van der Waals surface area contributed by atoms with Crippen LogP contribution in [0.25, 0.3) is 0 Å². The number of methoxy groups -OCH3 is 1. The number of ether oxygens (including phenoxy) is 1. The molecule has 2 aliphatic heterocycles. The second kappa shape index (κ2) is 7.83. The van der Waals surface area contributed by atoms with Gasteiger partial charge in [-0.3, -0.25) is 9.59 Å². The molecule has 1 saturated heterocycles. The predicted octanol–water partition coefficient (Wildman–Crippen LogP) is 3.27. The van der Waals surface area contributed by atoms with Crippen LogP contribution in [0.5, 0.6) is 5.75 Å². The predicted molar refractivity (Wildman–Crippen MR) is 111 cm³/mol. The molecule has 2 aliphatic rings. The average Bonchev–Trinajstić information content (AvgIpc) is 3.35. The molecule has 6 nitrogen and oxygen atoms in total. The summed E-state index contributed by atoms with van der Waals surface area (Å²) in [5.41, 5.74) is 2.86. The van der Waals surface area contributed by atoms with Crippen molar-refractivity contribution in [3.05, 3.63) is 40.1 Å². The molecule has 4 rings (SSSR count). The highest BCUT2D eigenvalue weighted by atomic mass is 32.1. The molecule has 2 aromatic rings. The first-order chi connectivity index (χ1) is 13.6. The minimum Gasteiger partial charge on any atom is -0.494 e. The lowest BCUT2D eigenvalue weighted by Gasteiger charge is -2.30. The number of nitrogens with one attached hydrogen (secondary N) is 1. The van der Waals surface area contributed by atoms with Crippen molar-refractivity contribution in [1.29, 1.82) is 0 Å². The van der Waals surface area contributed by atoms with Crippen LogP contribution in [0.3, 0.4) is 0 Å². The zero-order chi connectivity index (χ0) is 19.7. The van der Waals surface area contributed by atoms with Gasteiger partial charge in [0.25, 0.3) is 0 Å². The van der Waals surface area contributed by atoms with Crippen molar-refractivity contribution in [3.63, 3.8) is 0 Å². The van der Waals surface area contributed by atoms with Crippen LogP contribution in [0, 0.1) is 0 Å². The molecule has 0 saturated carbocycles. The monoisotopic (exact) mass is 399 g/mol. The van der Waals surface area contributed by atoms with E-state index < -0.39 is 0 Å². The summed E-state index contributed by atoms with van der Waals surface area (Å²) in [5.74, 6) is 0.857. The quantitative estimate of drug-likeness (QED) is 0.838. The number of carbonyl (C=O) groups excluding carboxylic acids is 2. The van der Waals surface area contributed by atoms with E-state index in [2.05, 4.69) is 16.8 Å². The molecule has 28 heavy (non-hydrogen) atoms. The second-order valence-electron chi connectivity index (χ2n) is 7.28. The third kappa shape index (κ3) is 3.58. The number of hydrogen-bond donors (Lipinski definition) is 1. The molecule has 3 heterocycles. The Bertz CT molecular complexity index is 895. The summed E-state index contributed by atoms with van der Waals surface area (Å²) in [6, 6.07) is 7.42. The van der Waals surface area contributed by atoms with Gasteiger partial charge in [0.05, 0.1) is 12.8 Å². The number of hydrogen-bond acceptors (Lipinski definition) is 5. The molecule has 1 aromatic heterocycles. The Kier molecular flexibility index (Phi) is 5.26. The Labute approximate surface area is 169 Å². The van der Waals surface area contributed by atoms with E-state index in [1.165, 1.54) is 10.4 Å². The van der Waals surface area contributed by atoms with E-state index in [4.69, 9.17) is 4.74 Å². The molecule has 0 spiro atoms. The number of nitrogens with zero attached hydrogens (tertiary/aromatic N) is 2. The van der Waals surface area contributed by atoms with Gasteiger partial charge in [-0.1, -0.05) is 0 Å². The van der Waals surface area contributed by atoms with Gasteiger partial charge < -0.3 is 19.9 Å². The summed E-state index contributed by atoms with van der Waals surface area (Å²) in [5, 5.41) is 5.38. The molecule has 1 atom stereocenters. The van der Waals surface area contributed by atoms with E-state index in [-0.39, 0.29) is 17.9 Å². The smallest absolute Gasteiger partial charge is 0.245 e. The highest BCUT2D eigenvalue weighted by Gasteiger charge is 2.27. The molecule has 2 amide bonds. The van der Waals surface area contributed by atoms with Crippen molar-refractivity contribution >= 4 is 34.5 Å². The fourth-order valence-electron chi connectivity index (χ4n) is 3.92. The fraction of sp³-hybridized carbons (Fsp3) is 0.429. The van der Waals surface area contributed by atoms with Gasteiger partial charge >= 0.3 is 0 Å². The summed E-state index contributed by atoms with van der Waals surface area (Å²) >= 11 is 1.77. The van der Waals surface area contributed by atoms with E-state index in [1.807, 2.05) is 30.0 Å². The molecule has 7 heteroatoms. The van der Waals surface area contributed by atoms with E-state index in [1.54, 1.807) is 23.3 Å². The largest absolute Gasteiger partial charge is 0.494 e. The SMILES string of the molecule is COc1cc(NC(C)C(=O)N2CCc3sccc3C2)ccc1N1CCCC1=O. The number of amides is 2. The average molecular weight is 400 g/mol. The van der Waals surface area contributed by atoms with E-state index in [9.17, 15) is 9.59 Å². The van der Waals surface area contributed by atoms with Crippen molar-refractivity contribution in [2.45, 2.75) is 38.8 Å². The van der Waals surface area contributed by atoms with Gasteiger partial charge in [0.15, 0.2) is 0 Å². The summed E-state index contributed by atoms with van der Waals surface area (Å²) in [6.45, 7) is 4.05. The van der Waals surface area contributed by atoms with Crippen molar-refractivity contribution in [2.24, 2.45) is 0 Å². The third-order valence-corrected chi connectivity index (χ3v) is 6.44. The van der Waals surface area contributed by atoms with Crippen LogP contribution in [-0.4, -0.2) is 43.0 Å². The normalized spacial score (nSPS) is 17.4. The van der Waals surface area contributed by atoms with Crippen LogP contribution in [0.1, 0.15) is 30.2 Å². The molecule has 1 fully saturated rings. The lowest BCUT2D eigenvalue weighted by atomic mass is 10.1. The van der Waals surface area contributed by atoms with Gasteiger partial charge in [0.1, 0.15) is 11.8 Å². The number of anilines is 2. The molecule has 0 aliphatic carbocycles. The Hall–Kier alpha value is -2.54. The summed E-state index contributed by atoms with van der Waals surface area (Å²) in [7, 11) is 1.60. The lowest BCUT2D eigenvalue weighted by molar-refractivity contribution is -0.132. The Balaban J connectivity index is 1.45. The van der Waals surface area contributed by atoms with Crippen molar-refractivity contribution in [3.8, 4) is 5.75 Å². The number of thiophene rings is 1. The van der Waals surface area contributed by atoms with E-state index >= 15 is 0 Å². The van der Waals surface area contributed by atoms with Crippen molar-refractivity contribution in [2.75, 3.05) is 30.4 Å². The molecule has 1 aromatic carbocycles. The van der Waals surface area contributed by atoms with Gasteiger partial charge in [-0.05, 0) is 48.9 Å². The van der Waals surface area contributed by atoms with Crippen LogP contribution in [-0.2, 0) is 22.6 Å². The standard InChI is InChI=1S/C21H25N3O3S/c1-14(21(26)23-10-7-19-15(13-23)8-11-28-19)22-16-5-6-17(18(12-16)27-2)24-9-3-4-20(24)25/h5-6,8,11-12,14,22H,3-4,7,9-10,13H2,1-2H3. The first-order valence-electron chi connectivity index (χ1n) is 9.66. The number of fused-ring (bicyclic) bond motifs is 1. The van der Waals surface area contributed by atoms with Gasteiger partial charge in [-0.2, -0.15) is 0 Å². The Morgan fingerprint density at radius 2 is 2.11 bits per heavy atom. The summed E-state index contributed by atoms with van der Waals surface area (Å²) in [6.07, 6.45) is 2.38. The highest BCUT2D eigenvalue weighted by molar-refractivity contribution is 7.10. The first-order valence-corrected chi connectivity index (χ1v) is 10.5. The molecule has 1 N–H and O–H groups in total. The minimum atomic E-state index is -0.343. The van der Waals surface area contributed by atoms with Gasteiger partial charge in [-0.25, -0.2) is 0 Å². The van der Waals surface area contributed by atoms with Gasteiger partial charge in [0.2, 0.25) is 11.8 Å². The van der Waals surface area contributed by atoms with Gasteiger partial charge in [-0.15, -0.1) is 11.3 Å². The summed E-state index contributed by atoms with van der Waals surface area (Å²) < 4.78 is 5.51. The second-order valence-corrected chi connectivity index (χ2v) is 8.28. The number of benzene rings is 1. The van der Waals surface area contributed by atoms with E-state index in [0.717, 1.165) is 37.3 Å². The first kappa shape index (κ1) is 18.8. The number of carbonyl (C=O) groups is 2. The van der Waals surface area contributed by atoms with Crippen LogP contribution >= 0.6 is 11.3 Å². The zero-order valence-corrected chi connectivity index (χ0v) is 17.1. The van der Waals surface area contributed by atoms with Crippen molar-refractivity contribution in [1.82, 2.24) is 4.90 Å². The molecular formula is C21H25N3O3S. The van der Waals surface area contributed by atoms with Crippen molar-refractivity contribution < 1.29 is 14.3 Å². The molecule has 148 valence electrons. The maximum absolute atomic E-state index is 12.9. The minimum absolute atomic E-state index is 0.0922. The molecule has 0 bridgehead atoms. The molecular weight excluding hydrogens is 374 g/mol. The Morgan fingerprint density at radius 3 is 2.86 bits per heavy atom. The fourth-order valence-corrected chi connectivity index (χ4v) is 4.81. The summed E-state index contributed by atoms with van der Waals surface area (Å²) in [4.78, 5) is 30.0.